The number of ether oxygens (including phenoxy) is 1. The molecule has 0 radical (unpaired) electrons. The van der Waals surface area contributed by atoms with Crippen molar-refractivity contribution < 1.29 is 9.53 Å². The summed E-state index contributed by atoms with van der Waals surface area (Å²) in [5.41, 5.74) is 9.28. The van der Waals surface area contributed by atoms with Gasteiger partial charge in [-0.25, -0.2) is 4.98 Å². The van der Waals surface area contributed by atoms with Crippen LogP contribution in [0.25, 0.3) is 0 Å². The van der Waals surface area contributed by atoms with Gasteiger partial charge in [0, 0.05) is 37.5 Å². The molecule has 0 saturated carbocycles. The first-order valence-electron chi connectivity index (χ1n) is 8.60. The van der Waals surface area contributed by atoms with Crippen molar-refractivity contribution in [1.82, 2.24) is 10.3 Å². The number of rotatable bonds is 7. The molecular weight excluding hydrogens is 344 g/mol. The monoisotopic (exact) mass is 366 g/mol. The van der Waals surface area contributed by atoms with Crippen LogP contribution in [0.3, 0.4) is 0 Å². The highest BCUT2D eigenvalue weighted by molar-refractivity contribution is 6.04. The number of methoxy groups -OCH3 is 1. The van der Waals surface area contributed by atoms with Crippen LogP contribution in [0.15, 0.2) is 24.3 Å². The first kappa shape index (κ1) is 18.6. The highest BCUT2D eigenvalue weighted by Crippen LogP contribution is 2.32. The first-order valence-corrected chi connectivity index (χ1v) is 8.60. The van der Waals surface area contributed by atoms with Crippen molar-refractivity contribution in [2.75, 3.05) is 30.9 Å². The number of pyridine rings is 1. The Morgan fingerprint density at radius 1 is 1.37 bits per heavy atom. The lowest BCUT2D eigenvalue weighted by molar-refractivity contribution is 0.0966. The summed E-state index contributed by atoms with van der Waals surface area (Å²) in [5, 5.41) is 18.7. The van der Waals surface area contributed by atoms with E-state index >= 15 is 0 Å². The second kappa shape index (κ2) is 8.03. The standard InChI is InChI=1S/C19H22N6O2/c1-11-3-5-13(6-4-11)24-18-16-15(9-23-19(16)26)14(7-20)17(25-18)22-8-12(21)10-27-2/h3-6,12H,8-10,21H2,1-2H3,(H,23,26)(H2,22,24,25)/t12-/m1/s1. The zero-order valence-electron chi connectivity index (χ0n) is 15.3. The van der Waals surface area contributed by atoms with Crippen molar-refractivity contribution in [2.45, 2.75) is 19.5 Å². The number of carbonyl (C=O) groups is 1. The summed E-state index contributed by atoms with van der Waals surface area (Å²) in [6, 6.07) is 9.67. The summed E-state index contributed by atoms with van der Waals surface area (Å²) < 4.78 is 5.03. The van der Waals surface area contributed by atoms with Crippen LogP contribution in [0.4, 0.5) is 17.3 Å². The van der Waals surface area contributed by atoms with Crippen molar-refractivity contribution in [1.29, 1.82) is 5.26 Å². The van der Waals surface area contributed by atoms with Crippen molar-refractivity contribution in [3.63, 3.8) is 0 Å². The van der Waals surface area contributed by atoms with Gasteiger partial charge in [-0.3, -0.25) is 4.79 Å². The van der Waals surface area contributed by atoms with Crippen molar-refractivity contribution in [2.24, 2.45) is 5.73 Å². The van der Waals surface area contributed by atoms with Gasteiger partial charge in [0.2, 0.25) is 0 Å². The molecule has 0 fully saturated rings. The molecule has 0 saturated heterocycles. The highest BCUT2D eigenvalue weighted by Gasteiger charge is 2.29. The van der Waals surface area contributed by atoms with Crippen LogP contribution in [-0.2, 0) is 11.3 Å². The van der Waals surface area contributed by atoms with Gasteiger partial charge in [-0.15, -0.1) is 0 Å². The summed E-state index contributed by atoms with van der Waals surface area (Å²) in [4.78, 5) is 16.8. The predicted octanol–water partition coefficient (Wildman–Crippen LogP) is 1.63. The summed E-state index contributed by atoms with van der Waals surface area (Å²) >= 11 is 0. The van der Waals surface area contributed by atoms with Crippen LogP contribution < -0.4 is 21.7 Å². The molecule has 5 N–H and O–H groups in total. The quantitative estimate of drug-likeness (QED) is 0.587. The van der Waals surface area contributed by atoms with Gasteiger partial charge in [-0.2, -0.15) is 5.26 Å². The Bertz CT molecular complexity index is 889. The molecule has 1 atom stereocenters. The largest absolute Gasteiger partial charge is 0.383 e. The van der Waals surface area contributed by atoms with Gasteiger partial charge in [0.15, 0.2) is 0 Å². The zero-order valence-corrected chi connectivity index (χ0v) is 15.3. The Kier molecular flexibility index (Phi) is 5.54. The van der Waals surface area contributed by atoms with E-state index in [0.29, 0.717) is 48.0 Å². The van der Waals surface area contributed by atoms with Crippen LogP contribution in [-0.4, -0.2) is 37.2 Å². The Morgan fingerprint density at radius 3 is 2.78 bits per heavy atom. The molecule has 0 bridgehead atoms. The Labute approximate surface area is 157 Å². The maximum atomic E-state index is 12.3. The lowest BCUT2D eigenvalue weighted by Crippen LogP contribution is -2.33. The Balaban J connectivity index is 1.98. The van der Waals surface area contributed by atoms with E-state index in [1.54, 1.807) is 7.11 Å². The molecule has 2 heterocycles. The number of amides is 1. The lowest BCUT2D eigenvalue weighted by atomic mass is 10.0. The number of benzene rings is 1. The maximum absolute atomic E-state index is 12.3. The molecular formula is C19H22N6O2. The molecule has 3 rings (SSSR count). The van der Waals surface area contributed by atoms with E-state index in [4.69, 9.17) is 10.5 Å². The third-order valence-corrected chi connectivity index (χ3v) is 4.29. The number of nitriles is 1. The maximum Gasteiger partial charge on any atom is 0.255 e. The molecule has 2 aromatic rings. The van der Waals surface area contributed by atoms with E-state index in [2.05, 4.69) is 27.0 Å². The summed E-state index contributed by atoms with van der Waals surface area (Å²) in [5.74, 6) is 0.561. The van der Waals surface area contributed by atoms with E-state index in [9.17, 15) is 10.1 Å². The van der Waals surface area contributed by atoms with Crippen LogP contribution in [0.1, 0.15) is 27.0 Å². The summed E-state index contributed by atoms with van der Waals surface area (Å²) in [7, 11) is 1.58. The molecule has 8 heteroatoms. The van der Waals surface area contributed by atoms with Crippen molar-refractivity contribution in [3.05, 3.63) is 46.5 Å². The lowest BCUT2D eigenvalue weighted by Gasteiger charge is -2.17. The molecule has 1 amide bonds. The van der Waals surface area contributed by atoms with E-state index in [0.717, 1.165) is 11.3 Å². The topological polar surface area (TPSA) is 125 Å². The third-order valence-electron chi connectivity index (χ3n) is 4.29. The Hall–Kier alpha value is -3.15. The minimum absolute atomic E-state index is 0.244. The number of aryl methyl sites for hydroxylation is 1. The van der Waals surface area contributed by atoms with Gasteiger partial charge < -0.3 is 26.4 Å². The Morgan fingerprint density at radius 2 is 2.11 bits per heavy atom. The molecule has 0 unspecified atom stereocenters. The number of nitrogens with two attached hydrogens (primary N) is 1. The fourth-order valence-corrected chi connectivity index (χ4v) is 2.93. The van der Waals surface area contributed by atoms with Gasteiger partial charge in [0.1, 0.15) is 23.3 Å². The number of nitrogens with one attached hydrogen (secondary N) is 3. The predicted molar refractivity (Wildman–Crippen MR) is 103 cm³/mol. The number of hydrogen-bond acceptors (Lipinski definition) is 7. The minimum Gasteiger partial charge on any atom is -0.383 e. The second-order valence-corrected chi connectivity index (χ2v) is 6.42. The number of hydrogen-bond donors (Lipinski definition) is 4. The van der Waals surface area contributed by atoms with Gasteiger partial charge >= 0.3 is 0 Å². The smallest absolute Gasteiger partial charge is 0.255 e. The average molecular weight is 366 g/mol. The van der Waals surface area contributed by atoms with Crippen LogP contribution in [0.2, 0.25) is 0 Å². The zero-order chi connectivity index (χ0) is 19.4. The van der Waals surface area contributed by atoms with Crippen molar-refractivity contribution in [3.8, 4) is 6.07 Å². The first-order chi connectivity index (χ1) is 13.0. The molecule has 1 aliphatic rings. The minimum atomic E-state index is -0.245. The van der Waals surface area contributed by atoms with Crippen molar-refractivity contribution >= 4 is 23.2 Å². The van der Waals surface area contributed by atoms with Gasteiger partial charge in [0.05, 0.1) is 12.2 Å². The second-order valence-electron chi connectivity index (χ2n) is 6.42. The number of fused-ring (bicyclic) bond motifs is 1. The van der Waals surface area contributed by atoms with Gasteiger partial charge in [0.25, 0.3) is 5.91 Å². The molecule has 0 aliphatic carbocycles. The number of nitrogens with zero attached hydrogens (tertiary/aromatic N) is 2. The molecule has 8 nitrogen and oxygen atoms in total. The third kappa shape index (κ3) is 4.00. The molecule has 140 valence electrons. The summed E-state index contributed by atoms with van der Waals surface area (Å²) in [6.45, 7) is 3.06. The fraction of sp³-hybridized carbons (Fsp3) is 0.316. The molecule has 27 heavy (non-hydrogen) atoms. The molecule has 0 spiro atoms. The van der Waals surface area contributed by atoms with Crippen LogP contribution in [0, 0.1) is 18.3 Å². The molecule has 1 aromatic heterocycles. The summed E-state index contributed by atoms with van der Waals surface area (Å²) in [6.07, 6.45) is 0. The average Bonchev–Trinajstić information content (AvgIpc) is 3.04. The van der Waals surface area contributed by atoms with Crippen LogP contribution >= 0.6 is 0 Å². The fourth-order valence-electron chi connectivity index (χ4n) is 2.93. The van der Waals surface area contributed by atoms with E-state index in [1.165, 1.54) is 0 Å². The number of carbonyl (C=O) groups excluding carboxylic acids is 1. The number of anilines is 3. The molecule has 1 aliphatic heterocycles. The van der Waals surface area contributed by atoms with E-state index in [1.807, 2.05) is 31.2 Å². The van der Waals surface area contributed by atoms with E-state index in [-0.39, 0.29) is 11.9 Å². The SMILES string of the molecule is COC[C@H](N)CNc1nc(Nc2ccc(C)cc2)c2c(c1C#N)CNC2=O. The number of aromatic nitrogens is 1. The van der Waals surface area contributed by atoms with Gasteiger partial charge in [-0.1, -0.05) is 17.7 Å². The van der Waals surface area contributed by atoms with Gasteiger partial charge in [-0.05, 0) is 19.1 Å². The van der Waals surface area contributed by atoms with Crippen LogP contribution in [0.5, 0.6) is 0 Å². The normalized spacial score (nSPS) is 13.5. The highest BCUT2D eigenvalue weighted by atomic mass is 16.5. The molecule has 1 aromatic carbocycles. The van der Waals surface area contributed by atoms with E-state index < -0.39 is 0 Å².